The summed E-state index contributed by atoms with van der Waals surface area (Å²) in [6.45, 7) is 1.39. The van der Waals surface area contributed by atoms with Crippen LogP contribution < -0.4 is 20.5 Å². The van der Waals surface area contributed by atoms with Crippen LogP contribution in [0.2, 0.25) is 10.0 Å². The summed E-state index contributed by atoms with van der Waals surface area (Å²) in [6.07, 6.45) is 0.120. The Balaban J connectivity index is 1.39. The fourth-order valence-electron chi connectivity index (χ4n) is 3.02. The topological polar surface area (TPSA) is 82.7 Å². The number of aromatic nitrogens is 1. The first-order chi connectivity index (χ1) is 13.5. The minimum Gasteiger partial charge on any atom is -0.486 e. The second-order valence-electron chi connectivity index (χ2n) is 6.26. The fourth-order valence-corrected chi connectivity index (χ4v) is 3.47. The number of hydrogen-bond acceptors (Lipinski definition) is 5. The second-order valence-corrected chi connectivity index (χ2v) is 7.10. The molecule has 146 valence electrons. The van der Waals surface area contributed by atoms with Gasteiger partial charge in [-0.05, 0) is 29.8 Å². The number of carbonyl (C=O) groups is 1. The average molecular weight is 423 g/mol. The van der Waals surface area contributed by atoms with Gasteiger partial charge in [-0.25, -0.2) is 4.79 Å². The molecule has 1 aromatic heterocycles. The van der Waals surface area contributed by atoms with Crippen LogP contribution in [0.4, 0.5) is 0 Å². The van der Waals surface area contributed by atoms with E-state index in [1.807, 2.05) is 0 Å². The maximum Gasteiger partial charge on any atom is 0.419 e. The predicted molar refractivity (Wildman–Crippen MR) is 104 cm³/mol. The summed E-state index contributed by atoms with van der Waals surface area (Å²) in [7, 11) is 0. The van der Waals surface area contributed by atoms with Gasteiger partial charge in [0.1, 0.15) is 13.2 Å². The van der Waals surface area contributed by atoms with Crippen LogP contribution in [0.5, 0.6) is 11.5 Å². The SMILES string of the molecule is O=C(CCn1c(=O)oc2cc(Cl)ccc21)NCc1cc(Cl)c2c(c1)OCCO2. The van der Waals surface area contributed by atoms with E-state index in [2.05, 4.69) is 5.32 Å². The summed E-state index contributed by atoms with van der Waals surface area (Å²) < 4.78 is 17.6. The summed E-state index contributed by atoms with van der Waals surface area (Å²) in [6, 6.07) is 8.45. The molecule has 0 saturated heterocycles. The highest BCUT2D eigenvalue weighted by atomic mass is 35.5. The molecule has 4 rings (SSSR count). The average Bonchev–Trinajstić information content (AvgIpc) is 2.98. The van der Waals surface area contributed by atoms with Crippen molar-refractivity contribution >= 4 is 40.2 Å². The first kappa shape index (κ1) is 18.7. The van der Waals surface area contributed by atoms with Gasteiger partial charge in [-0.1, -0.05) is 23.2 Å². The van der Waals surface area contributed by atoms with Gasteiger partial charge in [0.2, 0.25) is 5.91 Å². The van der Waals surface area contributed by atoms with E-state index in [-0.39, 0.29) is 25.4 Å². The molecule has 9 heteroatoms. The number of amides is 1. The van der Waals surface area contributed by atoms with Gasteiger partial charge in [-0.3, -0.25) is 9.36 Å². The molecule has 3 aromatic rings. The van der Waals surface area contributed by atoms with E-state index in [4.69, 9.17) is 37.1 Å². The van der Waals surface area contributed by atoms with Crippen molar-refractivity contribution in [2.24, 2.45) is 0 Å². The molecule has 1 aliphatic heterocycles. The molecule has 0 spiro atoms. The molecule has 0 aliphatic carbocycles. The third-order valence-corrected chi connectivity index (χ3v) is 4.85. The van der Waals surface area contributed by atoms with E-state index in [9.17, 15) is 9.59 Å². The first-order valence-electron chi connectivity index (χ1n) is 8.65. The third-order valence-electron chi connectivity index (χ3n) is 4.34. The van der Waals surface area contributed by atoms with Crippen molar-refractivity contribution in [3.63, 3.8) is 0 Å². The summed E-state index contributed by atoms with van der Waals surface area (Å²) >= 11 is 12.1. The Bertz CT molecular complexity index is 1110. The lowest BCUT2D eigenvalue weighted by Gasteiger charge is -2.20. The Labute approximate surface area is 169 Å². The number of oxazole rings is 1. The summed E-state index contributed by atoms with van der Waals surface area (Å²) in [5.74, 6) is 0.359. The smallest absolute Gasteiger partial charge is 0.419 e. The minimum atomic E-state index is -0.524. The van der Waals surface area contributed by atoms with E-state index in [0.29, 0.717) is 45.9 Å². The maximum absolute atomic E-state index is 12.2. The number of carbonyl (C=O) groups excluding carboxylic acids is 1. The normalized spacial score (nSPS) is 12.9. The highest BCUT2D eigenvalue weighted by Crippen LogP contribution is 2.38. The molecular formula is C19H16Cl2N2O5. The van der Waals surface area contributed by atoms with Crippen LogP contribution in [0.3, 0.4) is 0 Å². The molecule has 7 nitrogen and oxygen atoms in total. The molecule has 0 unspecified atom stereocenters. The van der Waals surface area contributed by atoms with Crippen molar-refractivity contribution in [3.05, 3.63) is 56.5 Å². The number of rotatable bonds is 5. The quantitative estimate of drug-likeness (QED) is 0.681. The van der Waals surface area contributed by atoms with Gasteiger partial charge >= 0.3 is 5.76 Å². The second kappa shape index (κ2) is 7.77. The monoisotopic (exact) mass is 422 g/mol. The molecule has 1 aliphatic rings. The molecule has 28 heavy (non-hydrogen) atoms. The van der Waals surface area contributed by atoms with E-state index < -0.39 is 5.76 Å². The first-order valence-corrected chi connectivity index (χ1v) is 9.40. The minimum absolute atomic E-state index is 0.120. The maximum atomic E-state index is 12.2. The van der Waals surface area contributed by atoms with Crippen molar-refractivity contribution in [2.75, 3.05) is 13.2 Å². The zero-order valence-corrected chi connectivity index (χ0v) is 16.2. The molecule has 2 heterocycles. The standard InChI is InChI=1S/C19H16Cl2N2O5/c20-12-1-2-14-15(9-12)28-19(25)23(14)4-3-17(24)22-10-11-7-13(21)18-16(8-11)26-5-6-27-18/h1-2,7-9H,3-6,10H2,(H,22,24). The lowest BCUT2D eigenvalue weighted by molar-refractivity contribution is -0.121. The molecule has 1 amide bonds. The van der Waals surface area contributed by atoms with Crippen LogP contribution in [0.25, 0.3) is 11.1 Å². The molecular weight excluding hydrogens is 407 g/mol. The third kappa shape index (κ3) is 3.81. The summed E-state index contributed by atoms with van der Waals surface area (Å²) in [5.41, 5.74) is 1.79. The molecule has 0 radical (unpaired) electrons. The summed E-state index contributed by atoms with van der Waals surface area (Å²) in [4.78, 5) is 24.2. The van der Waals surface area contributed by atoms with Gasteiger partial charge in [0.05, 0.1) is 10.5 Å². The zero-order valence-electron chi connectivity index (χ0n) is 14.7. The van der Waals surface area contributed by atoms with Crippen LogP contribution >= 0.6 is 23.2 Å². The highest BCUT2D eigenvalue weighted by Gasteiger charge is 2.17. The zero-order chi connectivity index (χ0) is 19.7. The largest absolute Gasteiger partial charge is 0.486 e. The van der Waals surface area contributed by atoms with Gasteiger partial charge < -0.3 is 19.2 Å². The van der Waals surface area contributed by atoms with Crippen LogP contribution in [-0.4, -0.2) is 23.7 Å². The van der Waals surface area contributed by atoms with E-state index in [0.717, 1.165) is 5.56 Å². The van der Waals surface area contributed by atoms with Crippen molar-refractivity contribution in [1.29, 1.82) is 0 Å². The molecule has 0 bridgehead atoms. The van der Waals surface area contributed by atoms with Crippen LogP contribution in [0.15, 0.2) is 39.5 Å². The van der Waals surface area contributed by atoms with Gasteiger partial charge in [0, 0.05) is 30.6 Å². The number of nitrogens with one attached hydrogen (secondary N) is 1. The van der Waals surface area contributed by atoms with Crippen LogP contribution in [-0.2, 0) is 17.9 Å². The van der Waals surface area contributed by atoms with Crippen LogP contribution in [0, 0.1) is 0 Å². The molecule has 2 aromatic carbocycles. The van der Waals surface area contributed by atoms with E-state index in [1.54, 1.807) is 30.3 Å². The molecule has 0 atom stereocenters. The number of hydrogen-bond donors (Lipinski definition) is 1. The van der Waals surface area contributed by atoms with Gasteiger partial charge in [0.15, 0.2) is 17.1 Å². The highest BCUT2D eigenvalue weighted by molar-refractivity contribution is 6.32. The van der Waals surface area contributed by atoms with Crippen LogP contribution in [0.1, 0.15) is 12.0 Å². The van der Waals surface area contributed by atoms with E-state index >= 15 is 0 Å². The number of aryl methyl sites for hydroxylation is 1. The number of fused-ring (bicyclic) bond motifs is 2. The number of benzene rings is 2. The van der Waals surface area contributed by atoms with E-state index in [1.165, 1.54) is 4.57 Å². The Morgan fingerprint density at radius 1 is 1.14 bits per heavy atom. The lowest BCUT2D eigenvalue weighted by atomic mass is 10.2. The lowest BCUT2D eigenvalue weighted by Crippen LogP contribution is -2.26. The number of halogens is 2. The Hall–Kier alpha value is -2.64. The Morgan fingerprint density at radius 2 is 1.96 bits per heavy atom. The van der Waals surface area contributed by atoms with Crippen molar-refractivity contribution < 1.29 is 18.7 Å². The molecule has 0 saturated carbocycles. The predicted octanol–water partition coefficient (Wildman–Crippen LogP) is 3.38. The fraction of sp³-hybridized carbons (Fsp3) is 0.263. The molecule has 1 N–H and O–H groups in total. The summed E-state index contributed by atoms with van der Waals surface area (Å²) in [5, 5.41) is 3.73. The van der Waals surface area contributed by atoms with Gasteiger partial charge in [-0.2, -0.15) is 0 Å². The van der Waals surface area contributed by atoms with Gasteiger partial charge in [0.25, 0.3) is 0 Å². The number of ether oxygens (including phenoxy) is 2. The Kier molecular flexibility index (Phi) is 5.19. The number of nitrogens with zero attached hydrogens (tertiary/aromatic N) is 1. The van der Waals surface area contributed by atoms with Crippen molar-refractivity contribution in [2.45, 2.75) is 19.5 Å². The van der Waals surface area contributed by atoms with Crippen molar-refractivity contribution in [1.82, 2.24) is 9.88 Å². The van der Waals surface area contributed by atoms with Gasteiger partial charge in [-0.15, -0.1) is 0 Å². The Morgan fingerprint density at radius 3 is 2.82 bits per heavy atom. The van der Waals surface area contributed by atoms with Crippen molar-refractivity contribution in [3.8, 4) is 11.5 Å². The molecule has 0 fully saturated rings.